The number of halogens is 2. The van der Waals surface area contributed by atoms with Crippen LogP contribution in [0.15, 0.2) is 4.99 Å². The van der Waals surface area contributed by atoms with Crippen LogP contribution in [0.4, 0.5) is 0 Å². The van der Waals surface area contributed by atoms with E-state index in [2.05, 4.69) is 4.99 Å². The predicted octanol–water partition coefficient (Wildman–Crippen LogP) is -7.12. The van der Waals surface area contributed by atoms with Gasteiger partial charge in [0.15, 0.2) is 5.96 Å². The van der Waals surface area contributed by atoms with Crippen molar-refractivity contribution in [2.75, 3.05) is 6.54 Å². The van der Waals surface area contributed by atoms with Crippen LogP contribution in [0.2, 0.25) is 0 Å². The number of guanidine groups is 1. The third-order valence-electron chi connectivity index (χ3n) is 1.28. The summed E-state index contributed by atoms with van der Waals surface area (Å²) in [6.45, 7) is 0.420. The Morgan fingerprint density at radius 3 is 2.20 bits per heavy atom. The molecule has 1 unspecified atom stereocenters. The number of carboxylic acids is 1. The van der Waals surface area contributed by atoms with Gasteiger partial charge in [0.2, 0.25) is 0 Å². The second-order valence-electron chi connectivity index (χ2n) is 2.39. The molecule has 0 radical (unpaired) electrons. The Hall–Kier alpha value is 0.280. The number of nitrogens with two attached hydrogens (primary N) is 3. The van der Waals surface area contributed by atoms with Crippen molar-refractivity contribution in [2.45, 2.75) is 18.9 Å². The van der Waals surface area contributed by atoms with Crippen molar-refractivity contribution in [3.8, 4) is 0 Å². The molecule has 9 heteroatoms. The van der Waals surface area contributed by atoms with Gasteiger partial charge in [-0.3, -0.25) is 9.79 Å². The number of hydrogen-bond acceptors (Lipinski definition) is 3. The van der Waals surface area contributed by atoms with Gasteiger partial charge in [-0.15, -0.1) is 12.4 Å². The van der Waals surface area contributed by atoms with Crippen LogP contribution in [0.1, 0.15) is 12.8 Å². The zero-order valence-electron chi connectivity index (χ0n) is 8.52. The van der Waals surface area contributed by atoms with Gasteiger partial charge in [-0.05, 0) is 12.8 Å². The third kappa shape index (κ3) is 16.9. The van der Waals surface area contributed by atoms with Gasteiger partial charge in [0.25, 0.3) is 0 Å². The van der Waals surface area contributed by atoms with Gasteiger partial charge >= 0.3 is 35.5 Å². The molecule has 0 aromatic rings. The van der Waals surface area contributed by atoms with Gasteiger partial charge in [0, 0.05) is 6.54 Å². The van der Waals surface area contributed by atoms with E-state index in [1.165, 1.54) is 0 Å². The van der Waals surface area contributed by atoms with E-state index >= 15 is 0 Å². The molecule has 0 aromatic carbocycles. The SMILES string of the molecule is Cl.NC(N)=NCCCC(N)C(=O)O.[Cl-].[Na+]. The van der Waals surface area contributed by atoms with Crippen LogP contribution in [-0.4, -0.2) is 29.6 Å². The molecule has 0 amide bonds. The van der Waals surface area contributed by atoms with E-state index in [0.717, 1.165) is 0 Å². The molecule has 0 aliphatic heterocycles. The van der Waals surface area contributed by atoms with Crippen molar-refractivity contribution in [3.63, 3.8) is 0 Å². The number of carboxylic acid groups (broad SMARTS) is 1. The molecular formula is C6H15Cl2N4NaO2. The van der Waals surface area contributed by atoms with Crippen LogP contribution in [-0.2, 0) is 4.79 Å². The summed E-state index contributed by atoms with van der Waals surface area (Å²) < 4.78 is 0. The number of aliphatic carboxylic acids is 1. The van der Waals surface area contributed by atoms with Gasteiger partial charge in [0.05, 0.1) is 0 Å². The molecular weight excluding hydrogens is 254 g/mol. The van der Waals surface area contributed by atoms with E-state index in [1.54, 1.807) is 0 Å². The number of carbonyl (C=O) groups is 1. The van der Waals surface area contributed by atoms with Crippen LogP contribution in [0, 0.1) is 0 Å². The molecule has 0 aliphatic rings. The molecule has 15 heavy (non-hydrogen) atoms. The third-order valence-corrected chi connectivity index (χ3v) is 1.28. The average Bonchev–Trinajstić information content (AvgIpc) is 1.97. The number of nitrogens with zero attached hydrogens (tertiary/aromatic N) is 1. The Labute approximate surface area is 123 Å². The molecule has 0 saturated carbocycles. The number of rotatable bonds is 5. The van der Waals surface area contributed by atoms with Crippen LogP contribution in [0.5, 0.6) is 0 Å². The summed E-state index contributed by atoms with van der Waals surface area (Å²) in [7, 11) is 0. The van der Waals surface area contributed by atoms with Crippen molar-refractivity contribution in [2.24, 2.45) is 22.2 Å². The van der Waals surface area contributed by atoms with Crippen LogP contribution in [0.25, 0.3) is 0 Å². The van der Waals surface area contributed by atoms with E-state index in [0.29, 0.717) is 19.4 Å². The van der Waals surface area contributed by atoms with Crippen molar-refractivity contribution in [1.29, 1.82) is 0 Å². The second-order valence-corrected chi connectivity index (χ2v) is 2.39. The van der Waals surface area contributed by atoms with E-state index in [9.17, 15) is 4.79 Å². The number of hydrogen-bond donors (Lipinski definition) is 4. The Morgan fingerprint density at radius 2 is 1.87 bits per heavy atom. The molecule has 0 aromatic heterocycles. The van der Waals surface area contributed by atoms with Crippen molar-refractivity contribution in [1.82, 2.24) is 0 Å². The first-order valence-corrected chi connectivity index (χ1v) is 3.58. The quantitative estimate of drug-likeness (QED) is 0.171. The number of aliphatic imine (C=N–C) groups is 1. The molecule has 86 valence electrons. The Morgan fingerprint density at radius 1 is 1.40 bits per heavy atom. The monoisotopic (exact) mass is 268 g/mol. The normalized spacial score (nSPS) is 9.67. The standard InChI is InChI=1S/C6H14N4O2.2ClH.Na/c7-4(5(11)12)2-1-3-10-6(8)9;;;/h4H,1-3,7H2,(H,11,12)(H4,8,9,10);2*1H;/q;;;+1/p-1. The van der Waals surface area contributed by atoms with Gasteiger partial charge in [-0.25, -0.2) is 0 Å². The molecule has 0 spiro atoms. The minimum absolute atomic E-state index is 0. The minimum Gasteiger partial charge on any atom is -1.00 e. The van der Waals surface area contributed by atoms with Gasteiger partial charge in [0.1, 0.15) is 6.04 Å². The van der Waals surface area contributed by atoms with E-state index < -0.39 is 12.0 Å². The molecule has 0 saturated heterocycles. The largest absolute Gasteiger partial charge is 1.00 e. The zero-order chi connectivity index (χ0) is 9.56. The summed E-state index contributed by atoms with van der Waals surface area (Å²) in [6.07, 6.45) is 0.956. The Kier molecular flexibility index (Phi) is 23.3. The van der Waals surface area contributed by atoms with Gasteiger partial charge in [-0.2, -0.15) is 0 Å². The maximum absolute atomic E-state index is 10.2. The van der Waals surface area contributed by atoms with E-state index in [4.69, 9.17) is 22.3 Å². The summed E-state index contributed by atoms with van der Waals surface area (Å²) in [5, 5.41) is 8.38. The van der Waals surface area contributed by atoms with Crippen molar-refractivity contribution < 1.29 is 51.9 Å². The first-order chi connectivity index (χ1) is 5.54. The maximum atomic E-state index is 10.2. The molecule has 6 nitrogen and oxygen atoms in total. The summed E-state index contributed by atoms with van der Waals surface area (Å²) in [5.41, 5.74) is 15.3. The predicted molar refractivity (Wildman–Crippen MR) is 52.8 cm³/mol. The topological polar surface area (TPSA) is 128 Å². The van der Waals surface area contributed by atoms with Crippen LogP contribution < -0.4 is 59.2 Å². The smallest absolute Gasteiger partial charge is 1.00 e. The van der Waals surface area contributed by atoms with E-state index in [-0.39, 0.29) is 60.3 Å². The molecule has 0 fully saturated rings. The zero-order valence-corrected chi connectivity index (χ0v) is 12.1. The maximum Gasteiger partial charge on any atom is 1.00 e. The molecule has 1 atom stereocenters. The van der Waals surface area contributed by atoms with Crippen molar-refractivity contribution in [3.05, 3.63) is 0 Å². The fourth-order valence-corrected chi connectivity index (χ4v) is 0.643. The summed E-state index contributed by atoms with van der Waals surface area (Å²) in [6, 6.07) is -0.820. The Balaban J connectivity index is -0.000000202. The fraction of sp³-hybridized carbons (Fsp3) is 0.667. The molecule has 0 heterocycles. The molecule has 0 aliphatic carbocycles. The van der Waals surface area contributed by atoms with Gasteiger partial charge < -0.3 is 34.7 Å². The summed E-state index contributed by atoms with van der Waals surface area (Å²) >= 11 is 0. The minimum atomic E-state index is -1.00. The average molecular weight is 269 g/mol. The Bertz CT molecular complexity index is 190. The first kappa shape index (κ1) is 24.5. The van der Waals surface area contributed by atoms with E-state index in [1.807, 2.05) is 0 Å². The van der Waals surface area contributed by atoms with Crippen LogP contribution in [0.3, 0.4) is 0 Å². The fourth-order valence-electron chi connectivity index (χ4n) is 0.643. The summed E-state index contributed by atoms with van der Waals surface area (Å²) in [5.74, 6) is -0.987. The molecule has 0 rings (SSSR count). The van der Waals surface area contributed by atoms with Crippen molar-refractivity contribution >= 4 is 24.3 Å². The second kappa shape index (κ2) is 14.3. The van der Waals surface area contributed by atoms with Gasteiger partial charge in [-0.1, -0.05) is 0 Å². The summed E-state index contributed by atoms with van der Waals surface area (Å²) in [4.78, 5) is 13.9. The molecule has 7 N–H and O–H groups in total. The molecule has 0 bridgehead atoms. The van der Waals surface area contributed by atoms with Crippen LogP contribution >= 0.6 is 12.4 Å². The first-order valence-electron chi connectivity index (χ1n) is 3.58.